The minimum atomic E-state index is -0.727. The summed E-state index contributed by atoms with van der Waals surface area (Å²) in [5.74, 6) is 0.449. The Morgan fingerprint density at radius 1 is 1.07 bits per heavy atom. The number of ether oxygens (including phenoxy) is 1. The number of halogens is 2. The average molecular weight is 450 g/mol. The molecule has 1 saturated carbocycles. The maximum absolute atomic E-state index is 12.1. The molecule has 9 nitrogen and oxygen atoms in total. The molecule has 2 heterocycles. The SMILES string of the molecule is Cc1nn(-c2cc(Cl)c(Oc3cc(C4CCCC4)c(=O)[nH]n3)c(Cl)c2)c(=O)[nH]c1=O. The maximum atomic E-state index is 12.1. The van der Waals surface area contributed by atoms with Crippen LogP contribution in [0.1, 0.15) is 42.9 Å². The molecule has 2 aromatic heterocycles. The Labute approximate surface area is 179 Å². The number of aromatic amines is 2. The summed E-state index contributed by atoms with van der Waals surface area (Å²) in [6, 6.07) is 4.46. The highest BCUT2D eigenvalue weighted by molar-refractivity contribution is 6.37. The first-order valence-corrected chi connectivity index (χ1v) is 10.1. The molecule has 3 aromatic rings. The van der Waals surface area contributed by atoms with E-state index in [4.69, 9.17) is 27.9 Å². The second-order valence-electron chi connectivity index (χ2n) is 7.07. The van der Waals surface area contributed by atoms with Crippen molar-refractivity contribution in [1.82, 2.24) is 25.0 Å². The lowest BCUT2D eigenvalue weighted by molar-refractivity contribution is 0.451. The van der Waals surface area contributed by atoms with E-state index in [1.807, 2.05) is 0 Å². The van der Waals surface area contributed by atoms with Crippen molar-refractivity contribution in [3.8, 4) is 17.3 Å². The van der Waals surface area contributed by atoms with E-state index in [0.717, 1.165) is 30.4 Å². The molecule has 4 rings (SSSR count). The lowest BCUT2D eigenvalue weighted by Crippen LogP contribution is -2.32. The van der Waals surface area contributed by atoms with Crippen LogP contribution < -0.4 is 21.5 Å². The van der Waals surface area contributed by atoms with Crippen LogP contribution in [-0.2, 0) is 0 Å². The number of hydrogen-bond donors (Lipinski definition) is 2. The Morgan fingerprint density at radius 2 is 1.73 bits per heavy atom. The number of benzene rings is 1. The Hall–Kier alpha value is -2.91. The average Bonchev–Trinajstić information content (AvgIpc) is 3.23. The molecule has 156 valence electrons. The number of aryl methyl sites for hydroxylation is 1. The summed E-state index contributed by atoms with van der Waals surface area (Å²) >= 11 is 12.7. The van der Waals surface area contributed by atoms with Gasteiger partial charge in [-0.15, -0.1) is 5.10 Å². The van der Waals surface area contributed by atoms with E-state index in [1.54, 1.807) is 6.07 Å². The first kappa shape index (κ1) is 20.4. The first-order chi connectivity index (χ1) is 14.3. The second kappa shape index (κ2) is 8.08. The van der Waals surface area contributed by atoms with Crippen molar-refractivity contribution in [1.29, 1.82) is 0 Å². The quantitative estimate of drug-likeness (QED) is 0.630. The highest BCUT2D eigenvalue weighted by atomic mass is 35.5. The van der Waals surface area contributed by atoms with Crippen molar-refractivity contribution >= 4 is 23.2 Å². The van der Waals surface area contributed by atoms with Gasteiger partial charge in [0.25, 0.3) is 11.1 Å². The van der Waals surface area contributed by atoms with E-state index in [0.29, 0.717) is 5.56 Å². The van der Waals surface area contributed by atoms with Gasteiger partial charge in [-0.25, -0.2) is 9.89 Å². The molecule has 30 heavy (non-hydrogen) atoms. The minimum Gasteiger partial charge on any atom is -0.434 e. The monoisotopic (exact) mass is 449 g/mol. The van der Waals surface area contributed by atoms with E-state index in [-0.39, 0.29) is 44.5 Å². The molecular weight excluding hydrogens is 433 g/mol. The molecule has 0 spiro atoms. The number of nitrogens with zero attached hydrogens (tertiary/aromatic N) is 3. The largest absolute Gasteiger partial charge is 0.434 e. The van der Waals surface area contributed by atoms with Crippen LogP contribution in [0.15, 0.2) is 32.6 Å². The molecule has 0 aliphatic heterocycles. The zero-order chi connectivity index (χ0) is 21.4. The summed E-state index contributed by atoms with van der Waals surface area (Å²) < 4.78 is 6.73. The number of aromatic nitrogens is 5. The molecule has 1 aromatic carbocycles. The summed E-state index contributed by atoms with van der Waals surface area (Å²) in [7, 11) is 0. The van der Waals surface area contributed by atoms with Gasteiger partial charge in [-0.3, -0.25) is 14.6 Å². The summed E-state index contributed by atoms with van der Waals surface area (Å²) in [6.07, 6.45) is 4.06. The molecule has 1 aliphatic carbocycles. The summed E-state index contributed by atoms with van der Waals surface area (Å²) in [6.45, 7) is 1.47. The van der Waals surface area contributed by atoms with Crippen LogP contribution >= 0.6 is 23.2 Å². The van der Waals surface area contributed by atoms with Gasteiger partial charge < -0.3 is 4.74 Å². The molecule has 0 atom stereocenters. The van der Waals surface area contributed by atoms with Gasteiger partial charge in [-0.2, -0.15) is 9.78 Å². The molecule has 0 unspecified atom stereocenters. The van der Waals surface area contributed by atoms with Gasteiger partial charge in [0.1, 0.15) is 5.69 Å². The van der Waals surface area contributed by atoms with Crippen molar-refractivity contribution in [3.63, 3.8) is 0 Å². The topological polar surface area (TPSA) is 123 Å². The van der Waals surface area contributed by atoms with Crippen molar-refractivity contribution < 1.29 is 4.74 Å². The number of rotatable bonds is 4. The van der Waals surface area contributed by atoms with E-state index in [2.05, 4.69) is 20.3 Å². The smallest absolute Gasteiger partial charge is 0.349 e. The molecule has 0 saturated heterocycles. The zero-order valence-corrected chi connectivity index (χ0v) is 17.4. The van der Waals surface area contributed by atoms with Crippen LogP contribution in [0.25, 0.3) is 5.69 Å². The van der Waals surface area contributed by atoms with Gasteiger partial charge in [-0.05, 0) is 37.8 Å². The molecule has 0 bridgehead atoms. The third kappa shape index (κ3) is 3.90. The molecule has 11 heteroatoms. The van der Waals surface area contributed by atoms with Crippen LogP contribution in [0.5, 0.6) is 11.6 Å². The van der Waals surface area contributed by atoms with E-state index in [1.165, 1.54) is 19.1 Å². The van der Waals surface area contributed by atoms with E-state index in [9.17, 15) is 14.4 Å². The highest BCUT2D eigenvalue weighted by Gasteiger charge is 2.22. The zero-order valence-electron chi connectivity index (χ0n) is 15.9. The van der Waals surface area contributed by atoms with E-state index < -0.39 is 11.2 Å². The number of nitrogens with one attached hydrogen (secondary N) is 2. The number of hydrogen-bond acceptors (Lipinski definition) is 6. The van der Waals surface area contributed by atoms with Gasteiger partial charge in [0.05, 0.1) is 15.7 Å². The van der Waals surface area contributed by atoms with Crippen LogP contribution in [0.2, 0.25) is 10.0 Å². The lowest BCUT2D eigenvalue weighted by Gasteiger charge is -2.13. The lowest BCUT2D eigenvalue weighted by atomic mass is 10.00. The number of H-pyrrole nitrogens is 2. The maximum Gasteiger partial charge on any atom is 0.349 e. The van der Waals surface area contributed by atoms with Gasteiger partial charge in [-0.1, -0.05) is 36.0 Å². The normalized spacial score (nSPS) is 14.2. The van der Waals surface area contributed by atoms with Crippen molar-refractivity contribution in [2.24, 2.45) is 0 Å². The fourth-order valence-electron chi connectivity index (χ4n) is 3.52. The summed E-state index contributed by atoms with van der Waals surface area (Å²) in [4.78, 5) is 37.9. The molecule has 0 radical (unpaired) electrons. The summed E-state index contributed by atoms with van der Waals surface area (Å²) in [5, 5.41) is 10.5. The highest BCUT2D eigenvalue weighted by Crippen LogP contribution is 2.38. The van der Waals surface area contributed by atoms with E-state index >= 15 is 0 Å². The van der Waals surface area contributed by atoms with Gasteiger partial charge in [0.2, 0.25) is 5.88 Å². The summed E-state index contributed by atoms with van der Waals surface area (Å²) in [5.41, 5.74) is -0.547. The van der Waals surface area contributed by atoms with Gasteiger partial charge in [0, 0.05) is 11.6 Å². The van der Waals surface area contributed by atoms with Crippen LogP contribution in [0.4, 0.5) is 0 Å². The molecule has 0 amide bonds. The third-order valence-corrected chi connectivity index (χ3v) is 5.59. The van der Waals surface area contributed by atoms with Crippen molar-refractivity contribution in [2.45, 2.75) is 38.5 Å². The van der Waals surface area contributed by atoms with Gasteiger partial charge >= 0.3 is 5.69 Å². The predicted molar refractivity (Wildman–Crippen MR) is 111 cm³/mol. The Kier molecular flexibility index (Phi) is 5.48. The molecule has 2 N–H and O–H groups in total. The molecular formula is C19H17Cl2N5O4. The fraction of sp³-hybridized carbons (Fsp3) is 0.316. The van der Waals surface area contributed by atoms with Gasteiger partial charge in [0.15, 0.2) is 5.75 Å². The van der Waals surface area contributed by atoms with Crippen molar-refractivity contribution in [2.75, 3.05) is 0 Å². The van der Waals surface area contributed by atoms with Crippen molar-refractivity contribution in [3.05, 3.63) is 70.7 Å². The standard InChI is InChI=1S/C19H17Cl2N5O4/c1-9-17(27)22-19(29)26(25-9)11-6-13(20)16(14(21)7-11)30-15-8-12(18(28)24-23-15)10-4-2-3-5-10/h6-8,10H,2-5H2,1H3,(H,24,28)(H,22,27,29). The Bertz CT molecular complexity index is 1270. The van der Waals surface area contributed by atoms with Crippen LogP contribution in [0.3, 0.4) is 0 Å². The molecule has 1 aliphatic rings. The fourth-order valence-corrected chi connectivity index (χ4v) is 4.07. The third-order valence-electron chi connectivity index (χ3n) is 5.03. The Morgan fingerprint density at radius 3 is 2.40 bits per heavy atom. The molecule has 1 fully saturated rings. The second-order valence-corrected chi connectivity index (χ2v) is 7.88. The Balaban J connectivity index is 1.69. The minimum absolute atomic E-state index is 0.102. The van der Waals surface area contributed by atoms with Crippen LogP contribution in [-0.4, -0.2) is 25.0 Å². The van der Waals surface area contributed by atoms with Crippen LogP contribution in [0, 0.1) is 6.92 Å². The predicted octanol–water partition coefficient (Wildman–Crippen LogP) is 3.07. The first-order valence-electron chi connectivity index (χ1n) is 9.30.